The molecule has 1 aromatic heterocycles. The predicted octanol–water partition coefficient (Wildman–Crippen LogP) is 3.94. The molecule has 37 heavy (non-hydrogen) atoms. The van der Waals surface area contributed by atoms with Gasteiger partial charge in [-0.25, -0.2) is 9.38 Å². The molecule has 3 aromatic carbocycles. The van der Waals surface area contributed by atoms with Crippen molar-refractivity contribution >= 4 is 29.0 Å². The number of rotatable bonds is 5. The first kappa shape index (κ1) is 22.9. The number of amides is 1. The highest BCUT2D eigenvalue weighted by molar-refractivity contribution is 6.19. The number of hydrogen-bond donors (Lipinski definition) is 2. The number of fused-ring (bicyclic) bond motifs is 1. The van der Waals surface area contributed by atoms with Gasteiger partial charge in [0.25, 0.3) is 11.8 Å². The lowest BCUT2D eigenvalue weighted by Gasteiger charge is -2.28. The van der Waals surface area contributed by atoms with E-state index in [0.29, 0.717) is 37.7 Å². The first-order valence-electron chi connectivity index (χ1n) is 11.9. The zero-order valence-corrected chi connectivity index (χ0v) is 19.7. The molecule has 0 saturated carbocycles. The molecule has 1 atom stereocenters. The SMILES string of the molecule is O=C1Nc2ccccc2C(c2ccccc2)=N[C@H]1Nc1nnc(-c2ccc(N3CCOCC3)cc2F)o1. The van der Waals surface area contributed by atoms with Gasteiger partial charge in [-0.1, -0.05) is 53.6 Å². The van der Waals surface area contributed by atoms with Crippen LogP contribution in [-0.4, -0.2) is 54.3 Å². The van der Waals surface area contributed by atoms with Crippen molar-refractivity contribution in [2.24, 2.45) is 4.99 Å². The van der Waals surface area contributed by atoms with Gasteiger partial charge in [0.2, 0.25) is 6.17 Å². The Morgan fingerprint density at radius 1 is 0.946 bits per heavy atom. The summed E-state index contributed by atoms with van der Waals surface area (Å²) in [4.78, 5) is 19.8. The van der Waals surface area contributed by atoms with Crippen LogP contribution >= 0.6 is 0 Å². The molecule has 186 valence electrons. The Balaban J connectivity index is 1.27. The monoisotopic (exact) mass is 498 g/mol. The Morgan fingerprint density at radius 2 is 1.73 bits per heavy atom. The first-order valence-corrected chi connectivity index (χ1v) is 11.9. The number of benzene rings is 3. The maximum absolute atomic E-state index is 15.0. The van der Waals surface area contributed by atoms with Gasteiger partial charge >= 0.3 is 6.01 Å². The number of aliphatic imine (C=N–C) groups is 1. The van der Waals surface area contributed by atoms with Crippen LogP contribution in [0.3, 0.4) is 0 Å². The van der Waals surface area contributed by atoms with Crippen molar-refractivity contribution in [3.63, 3.8) is 0 Å². The third-order valence-electron chi connectivity index (χ3n) is 6.24. The number of halogens is 1. The Hall–Kier alpha value is -4.57. The standard InChI is InChI=1S/C27H23FN6O3/c28-21-16-18(34-12-14-36-15-13-34)10-11-19(21)26-32-33-27(37-26)31-24-25(35)29-22-9-5-4-8-20(22)23(30-24)17-6-2-1-3-7-17/h1-11,16,24H,12-15H2,(H,29,35)(H,31,33)/t24-/m0/s1. The molecule has 4 aromatic rings. The van der Waals surface area contributed by atoms with Crippen LogP contribution in [0.25, 0.3) is 11.5 Å². The molecule has 10 heteroatoms. The van der Waals surface area contributed by atoms with Crippen LogP contribution in [0.2, 0.25) is 0 Å². The number of nitrogens with zero attached hydrogens (tertiary/aromatic N) is 4. The van der Waals surface area contributed by atoms with E-state index in [1.54, 1.807) is 6.07 Å². The fourth-order valence-electron chi connectivity index (χ4n) is 4.38. The lowest BCUT2D eigenvalue weighted by molar-refractivity contribution is -0.116. The van der Waals surface area contributed by atoms with Gasteiger partial charge < -0.3 is 24.7 Å². The van der Waals surface area contributed by atoms with Crippen LogP contribution in [0.1, 0.15) is 11.1 Å². The van der Waals surface area contributed by atoms with Crippen molar-refractivity contribution in [3.05, 3.63) is 89.7 Å². The maximum Gasteiger partial charge on any atom is 0.317 e. The summed E-state index contributed by atoms with van der Waals surface area (Å²) >= 11 is 0. The summed E-state index contributed by atoms with van der Waals surface area (Å²) in [6.45, 7) is 2.62. The van der Waals surface area contributed by atoms with Crippen LogP contribution in [0.15, 0.2) is 82.2 Å². The molecule has 2 N–H and O–H groups in total. The molecule has 1 saturated heterocycles. The molecule has 1 amide bonds. The highest BCUT2D eigenvalue weighted by Gasteiger charge is 2.27. The largest absolute Gasteiger partial charge is 0.403 e. The lowest BCUT2D eigenvalue weighted by Crippen LogP contribution is -2.36. The van der Waals surface area contributed by atoms with E-state index in [4.69, 9.17) is 14.1 Å². The highest BCUT2D eigenvalue weighted by Crippen LogP contribution is 2.29. The summed E-state index contributed by atoms with van der Waals surface area (Å²) in [7, 11) is 0. The number of carbonyl (C=O) groups is 1. The molecule has 6 rings (SSSR count). The second-order valence-corrected chi connectivity index (χ2v) is 8.60. The van der Waals surface area contributed by atoms with Gasteiger partial charge in [-0.2, -0.15) is 0 Å². The highest BCUT2D eigenvalue weighted by atomic mass is 19.1. The van der Waals surface area contributed by atoms with Crippen LogP contribution in [-0.2, 0) is 9.53 Å². The van der Waals surface area contributed by atoms with E-state index in [9.17, 15) is 9.18 Å². The molecule has 3 heterocycles. The van der Waals surface area contributed by atoms with Gasteiger partial charge in [0.05, 0.1) is 30.2 Å². The Kier molecular flexibility index (Phi) is 6.07. The van der Waals surface area contributed by atoms with Crippen molar-refractivity contribution in [1.82, 2.24) is 10.2 Å². The quantitative estimate of drug-likeness (QED) is 0.429. The van der Waals surface area contributed by atoms with E-state index in [-0.39, 0.29) is 23.4 Å². The van der Waals surface area contributed by atoms with Gasteiger partial charge in [0.1, 0.15) is 5.82 Å². The molecular weight excluding hydrogens is 475 g/mol. The molecule has 0 bridgehead atoms. The Labute approximate surface area is 212 Å². The van der Waals surface area contributed by atoms with Crippen molar-refractivity contribution in [2.45, 2.75) is 6.17 Å². The molecule has 0 unspecified atom stereocenters. The molecule has 1 fully saturated rings. The third-order valence-corrected chi connectivity index (χ3v) is 6.24. The van der Waals surface area contributed by atoms with Crippen LogP contribution in [0.4, 0.5) is 21.8 Å². The zero-order valence-electron chi connectivity index (χ0n) is 19.7. The van der Waals surface area contributed by atoms with E-state index in [0.717, 1.165) is 16.8 Å². The number of nitrogens with one attached hydrogen (secondary N) is 2. The minimum Gasteiger partial charge on any atom is -0.403 e. The van der Waals surface area contributed by atoms with Gasteiger partial charge in [-0.15, -0.1) is 5.10 Å². The fourth-order valence-corrected chi connectivity index (χ4v) is 4.38. The number of para-hydroxylation sites is 1. The average molecular weight is 499 g/mol. The molecular formula is C27H23FN6O3. The van der Waals surface area contributed by atoms with E-state index in [2.05, 4.69) is 25.7 Å². The van der Waals surface area contributed by atoms with Gasteiger partial charge in [-0.3, -0.25) is 4.79 Å². The van der Waals surface area contributed by atoms with E-state index < -0.39 is 12.0 Å². The summed E-state index contributed by atoms with van der Waals surface area (Å²) in [5.74, 6) is -0.872. The second-order valence-electron chi connectivity index (χ2n) is 8.60. The maximum atomic E-state index is 15.0. The second kappa shape index (κ2) is 9.82. The summed E-state index contributed by atoms with van der Waals surface area (Å²) in [6.07, 6.45) is -1.05. The summed E-state index contributed by atoms with van der Waals surface area (Å²) in [5.41, 5.74) is 3.86. The Bertz CT molecular complexity index is 1470. The van der Waals surface area contributed by atoms with Crippen LogP contribution < -0.4 is 15.5 Å². The summed E-state index contributed by atoms with van der Waals surface area (Å²) in [6, 6.07) is 21.9. The van der Waals surface area contributed by atoms with Gasteiger partial charge in [-0.05, 0) is 24.3 Å². The average Bonchev–Trinajstić information content (AvgIpc) is 3.35. The smallest absolute Gasteiger partial charge is 0.317 e. The Morgan fingerprint density at radius 3 is 2.54 bits per heavy atom. The molecule has 2 aliphatic rings. The predicted molar refractivity (Wildman–Crippen MR) is 137 cm³/mol. The summed E-state index contributed by atoms with van der Waals surface area (Å²) < 4.78 is 26.0. The zero-order chi connectivity index (χ0) is 25.2. The van der Waals surface area contributed by atoms with Crippen LogP contribution in [0.5, 0.6) is 0 Å². The topological polar surface area (TPSA) is 105 Å². The van der Waals surface area contributed by atoms with Gasteiger partial charge in [0.15, 0.2) is 0 Å². The van der Waals surface area contributed by atoms with E-state index in [1.165, 1.54) is 6.07 Å². The molecule has 0 aliphatic carbocycles. The fraction of sp³-hybridized carbons (Fsp3) is 0.185. The number of benzodiazepines with no additional fused rings is 1. The number of morpholine rings is 1. The molecule has 2 aliphatic heterocycles. The number of hydrogen-bond acceptors (Lipinski definition) is 8. The number of ether oxygens (including phenoxy) is 1. The van der Waals surface area contributed by atoms with Gasteiger partial charge in [0, 0.05) is 29.9 Å². The lowest BCUT2D eigenvalue weighted by atomic mass is 10.0. The third kappa shape index (κ3) is 4.66. The van der Waals surface area contributed by atoms with Crippen molar-refractivity contribution in [2.75, 3.05) is 41.8 Å². The summed E-state index contributed by atoms with van der Waals surface area (Å²) in [5, 5.41) is 13.8. The number of carbonyl (C=O) groups excluding carboxylic acids is 1. The minimum atomic E-state index is -1.05. The molecule has 0 radical (unpaired) electrons. The van der Waals surface area contributed by atoms with E-state index >= 15 is 0 Å². The minimum absolute atomic E-state index is 0.00175. The molecule has 0 spiro atoms. The number of anilines is 3. The van der Waals surface area contributed by atoms with Crippen molar-refractivity contribution in [3.8, 4) is 11.5 Å². The van der Waals surface area contributed by atoms with Crippen molar-refractivity contribution in [1.29, 1.82) is 0 Å². The number of aromatic nitrogens is 2. The normalized spacial score (nSPS) is 17.4. The van der Waals surface area contributed by atoms with Crippen molar-refractivity contribution < 1.29 is 18.3 Å². The first-order chi connectivity index (χ1) is 18.2. The van der Waals surface area contributed by atoms with E-state index in [1.807, 2.05) is 60.7 Å². The van der Waals surface area contributed by atoms with Crippen LogP contribution in [0, 0.1) is 5.82 Å². The molecule has 9 nitrogen and oxygen atoms in total.